The first-order valence-corrected chi connectivity index (χ1v) is 8.37. The molecule has 0 spiro atoms. The monoisotopic (exact) mass is 344 g/mol. The van der Waals surface area contributed by atoms with E-state index in [0.717, 1.165) is 11.1 Å². The number of sulfonamides is 1. The number of aryl methyl sites for hydroxylation is 3. The van der Waals surface area contributed by atoms with Crippen molar-refractivity contribution in [1.29, 1.82) is 0 Å². The Labute approximate surface area is 134 Å². The number of benzene rings is 1. The second-order valence-corrected chi connectivity index (χ2v) is 7.28. The second kappa shape index (κ2) is 5.83. The third-order valence-corrected chi connectivity index (χ3v) is 4.68. The predicted molar refractivity (Wildman–Crippen MR) is 85.7 cm³/mol. The van der Waals surface area contributed by atoms with Crippen LogP contribution in [0.4, 0.5) is 5.69 Å². The van der Waals surface area contributed by atoms with Crippen LogP contribution in [0.15, 0.2) is 29.2 Å². The van der Waals surface area contributed by atoms with Crippen molar-refractivity contribution in [3.05, 3.63) is 51.3 Å². The molecule has 2 rings (SSSR count). The molecule has 21 heavy (non-hydrogen) atoms. The van der Waals surface area contributed by atoms with E-state index in [2.05, 4.69) is 9.71 Å². The Hall–Kier alpha value is -1.30. The second-order valence-electron chi connectivity index (χ2n) is 4.86. The Bertz CT molecular complexity index is 761. The Morgan fingerprint density at radius 2 is 1.57 bits per heavy atom. The molecule has 0 amide bonds. The largest absolute Gasteiger partial charge is 0.276 e. The van der Waals surface area contributed by atoms with E-state index >= 15 is 0 Å². The van der Waals surface area contributed by atoms with Gasteiger partial charge in [0, 0.05) is 0 Å². The highest BCUT2D eigenvalue weighted by molar-refractivity contribution is 7.92. The molecule has 0 aliphatic heterocycles. The van der Waals surface area contributed by atoms with E-state index in [9.17, 15) is 8.42 Å². The highest BCUT2D eigenvalue weighted by Crippen LogP contribution is 2.29. The average Bonchev–Trinajstić information content (AvgIpc) is 2.32. The zero-order valence-electron chi connectivity index (χ0n) is 11.7. The summed E-state index contributed by atoms with van der Waals surface area (Å²) in [6.07, 6.45) is 0. The molecule has 0 radical (unpaired) electrons. The minimum atomic E-state index is -3.73. The molecule has 0 atom stereocenters. The van der Waals surface area contributed by atoms with Crippen LogP contribution in [0.2, 0.25) is 10.3 Å². The lowest BCUT2D eigenvalue weighted by atomic mass is 10.2. The van der Waals surface area contributed by atoms with Crippen LogP contribution in [0, 0.1) is 20.8 Å². The Kier molecular flexibility index (Phi) is 4.46. The number of hydrogen-bond acceptors (Lipinski definition) is 3. The molecular formula is C14H14Cl2N2O2S. The fourth-order valence-corrected chi connectivity index (χ4v) is 3.96. The topological polar surface area (TPSA) is 59.1 Å². The fraction of sp³-hybridized carbons (Fsp3) is 0.214. The molecule has 4 nitrogen and oxygen atoms in total. The molecule has 0 fully saturated rings. The quantitative estimate of drug-likeness (QED) is 0.852. The van der Waals surface area contributed by atoms with Gasteiger partial charge in [-0.05, 0) is 55.7 Å². The van der Waals surface area contributed by atoms with Gasteiger partial charge in [0.25, 0.3) is 10.0 Å². The third-order valence-electron chi connectivity index (χ3n) is 2.88. The van der Waals surface area contributed by atoms with E-state index in [1.165, 1.54) is 0 Å². The van der Waals surface area contributed by atoms with Gasteiger partial charge in [-0.1, -0.05) is 29.3 Å². The number of nitrogens with one attached hydrogen (secondary N) is 1. The number of anilines is 1. The fourth-order valence-electron chi connectivity index (χ4n) is 2.00. The van der Waals surface area contributed by atoms with Gasteiger partial charge in [0.2, 0.25) is 0 Å². The maximum absolute atomic E-state index is 12.5. The Morgan fingerprint density at radius 1 is 1.00 bits per heavy atom. The number of hydrogen-bond donors (Lipinski definition) is 1. The van der Waals surface area contributed by atoms with Crippen LogP contribution in [0.5, 0.6) is 0 Å². The first kappa shape index (κ1) is 16.1. The van der Waals surface area contributed by atoms with Crippen molar-refractivity contribution < 1.29 is 8.42 Å². The zero-order valence-corrected chi connectivity index (χ0v) is 14.1. The number of nitrogens with zero attached hydrogens (tertiary/aromatic N) is 1. The van der Waals surface area contributed by atoms with Gasteiger partial charge in [0.05, 0.1) is 10.6 Å². The van der Waals surface area contributed by atoms with Crippen molar-refractivity contribution in [3.63, 3.8) is 0 Å². The molecule has 0 saturated carbocycles. The Balaban J connectivity index is 2.47. The van der Waals surface area contributed by atoms with E-state index < -0.39 is 10.0 Å². The third kappa shape index (κ3) is 3.67. The van der Waals surface area contributed by atoms with Gasteiger partial charge in [0.1, 0.15) is 5.15 Å². The van der Waals surface area contributed by atoms with Crippen molar-refractivity contribution in [2.75, 3.05) is 4.72 Å². The van der Waals surface area contributed by atoms with Crippen molar-refractivity contribution in [2.24, 2.45) is 0 Å². The first-order valence-electron chi connectivity index (χ1n) is 6.13. The van der Waals surface area contributed by atoms with E-state index in [4.69, 9.17) is 23.2 Å². The number of rotatable bonds is 3. The summed E-state index contributed by atoms with van der Waals surface area (Å²) in [4.78, 5) is 4.04. The van der Waals surface area contributed by atoms with Crippen LogP contribution in [0.1, 0.15) is 16.7 Å². The summed E-state index contributed by atoms with van der Waals surface area (Å²) in [7, 11) is -3.73. The average molecular weight is 345 g/mol. The van der Waals surface area contributed by atoms with Crippen LogP contribution >= 0.6 is 23.2 Å². The van der Waals surface area contributed by atoms with Gasteiger partial charge in [-0.3, -0.25) is 4.72 Å². The lowest BCUT2D eigenvalue weighted by molar-refractivity contribution is 0.601. The van der Waals surface area contributed by atoms with E-state index in [1.54, 1.807) is 25.1 Å². The first-order chi connectivity index (χ1) is 9.69. The molecule has 112 valence electrons. The van der Waals surface area contributed by atoms with E-state index in [-0.39, 0.29) is 20.9 Å². The standard InChI is InChI=1S/C14H14Cl2N2O2S/c1-8-4-9(2)6-11(5-8)21(19,20)18-13-10(3)7-12(15)17-14(13)16/h4-7,18H,1-3H3. The summed E-state index contributed by atoms with van der Waals surface area (Å²) < 4.78 is 27.4. The van der Waals surface area contributed by atoms with Crippen LogP contribution < -0.4 is 4.72 Å². The number of pyridine rings is 1. The smallest absolute Gasteiger partial charge is 0.262 e. The van der Waals surface area contributed by atoms with Crippen molar-refractivity contribution in [3.8, 4) is 0 Å². The minimum absolute atomic E-state index is 0.0213. The van der Waals surface area contributed by atoms with Crippen LogP contribution in [0.3, 0.4) is 0 Å². The summed E-state index contributed by atoms with van der Waals surface area (Å²) in [6.45, 7) is 5.39. The molecule has 1 heterocycles. The molecule has 2 aromatic rings. The molecule has 1 aromatic carbocycles. The van der Waals surface area contributed by atoms with Gasteiger partial charge in [-0.15, -0.1) is 0 Å². The van der Waals surface area contributed by atoms with Gasteiger partial charge in [-0.2, -0.15) is 0 Å². The van der Waals surface area contributed by atoms with Crippen LogP contribution in [-0.2, 0) is 10.0 Å². The summed E-state index contributed by atoms with van der Waals surface area (Å²) in [5.74, 6) is 0. The predicted octanol–water partition coefficient (Wildman–Crippen LogP) is 4.11. The van der Waals surface area contributed by atoms with Crippen LogP contribution in [0.25, 0.3) is 0 Å². The highest BCUT2D eigenvalue weighted by atomic mass is 35.5. The molecule has 0 bridgehead atoms. The van der Waals surface area contributed by atoms with Crippen molar-refractivity contribution in [1.82, 2.24) is 4.98 Å². The van der Waals surface area contributed by atoms with Crippen molar-refractivity contribution in [2.45, 2.75) is 25.7 Å². The molecule has 1 aromatic heterocycles. The van der Waals surface area contributed by atoms with E-state index in [1.807, 2.05) is 19.9 Å². The highest BCUT2D eigenvalue weighted by Gasteiger charge is 2.19. The SMILES string of the molecule is Cc1cc(C)cc(S(=O)(=O)Nc2c(C)cc(Cl)nc2Cl)c1. The summed E-state index contributed by atoms with van der Waals surface area (Å²) in [6, 6.07) is 6.65. The number of aromatic nitrogens is 1. The Morgan fingerprint density at radius 3 is 2.10 bits per heavy atom. The van der Waals surface area contributed by atoms with Gasteiger partial charge in [0.15, 0.2) is 5.15 Å². The summed E-state index contributed by atoms with van der Waals surface area (Å²) >= 11 is 11.7. The van der Waals surface area contributed by atoms with Crippen molar-refractivity contribution >= 4 is 38.9 Å². The minimum Gasteiger partial charge on any atom is -0.276 e. The number of halogens is 2. The van der Waals surface area contributed by atoms with Gasteiger partial charge >= 0.3 is 0 Å². The molecule has 0 aliphatic carbocycles. The molecule has 0 aliphatic rings. The normalized spacial score (nSPS) is 11.5. The lowest BCUT2D eigenvalue weighted by Gasteiger charge is -2.13. The maximum atomic E-state index is 12.5. The molecule has 1 N–H and O–H groups in total. The summed E-state index contributed by atoms with van der Waals surface area (Å²) in [5, 5.41) is 0.236. The molecule has 0 unspecified atom stereocenters. The van der Waals surface area contributed by atoms with Gasteiger partial charge in [-0.25, -0.2) is 13.4 Å². The maximum Gasteiger partial charge on any atom is 0.262 e. The summed E-state index contributed by atoms with van der Waals surface area (Å²) in [5.41, 5.74) is 2.58. The molecular weight excluding hydrogens is 331 g/mol. The van der Waals surface area contributed by atoms with Crippen LogP contribution in [-0.4, -0.2) is 13.4 Å². The van der Waals surface area contributed by atoms with E-state index in [0.29, 0.717) is 5.56 Å². The zero-order chi connectivity index (χ0) is 15.8. The molecule has 7 heteroatoms. The lowest BCUT2D eigenvalue weighted by Crippen LogP contribution is -2.15. The molecule has 0 saturated heterocycles. The van der Waals surface area contributed by atoms with Gasteiger partial charge < -0.3 is 0 Å².